The molecule has 0 spiro atoms. The van der Waals surface area contributed by atoms with Crippen molar-refractivity contribution in [2.24, 2.45) is 7.05 Å². The minimum Gasteiger partial charge on any atom is -0.327 e. The first-order valence-electron chi connectivity index (χ1n) is 6.75. The third-order valence-electron chi connectivity index (χ3n) is 3.84. The Morgan fingerprint density at radius 1 is 1.29 bits per heavy atom. The molecule has 21 heavy (non-hydrogen) atoms. The van der Waals surface area contributed by atoms with Crippen molar-refractivity contribution in [1.29, 1.82) is 0 Å². The summed E-state index contributed by atoms with van der Waals surface area (Å²) < 4.78 is 4.41. The number of H-pyrrole nitrogens is 1. The number of allylic oxidation sites excluding steroid dienone is 2. The van der Waals surface area contributed by atoms with Gasteiger partial charge in [0.05, 0.1) is 0 Å². The number of imidazole rings is 2. The van der Waals surface area contributed by atoms with Crippen LogP contribution in [-0.2, 0) is 13.6 Å². The summed E-state index contributed by atoms with van der Waals surface area (Å²) in [4.78, 5) is 32.5. The van der Waals surface area contributed by atoms with Gasteiger partial charge in [-0.3, -0.25) is 18.3 Å². The Morgan fingerprint density at radius 3 is 2.67 bits per heavy atom. The molecule has 0 aromatic carbocycles. The maximum absolute atomic E-state index is 12.7. The predicted octanol–water partition coefficient (Wildman–Crippen LogP) is 0.869. The number of aromatic amines is 1. The lowest BCUT2D eigenvalue weighted by atomic mass is 10.4. The molecule has 3 aromatic heterocycles. The van der Waals surface area contributed by atoms with Crippen molar-refractivity contribution in [1.82, 2.24) is 23.5 Å². The summed E-state index contributed by atoms with van der Waals surface area (Å²) in [5.41, 5.74) is 2.02. The van der Waals surface area contributed by atoms with Gasteiger partial charge in [0.15, 0.2) is 11.2 Å². The summed E-state index contributed by atoms with van der Waals surface area (Å²) in [5.74, 6) is 0.580. The van der Waals surface area contributed by atoms with Crippen LogP contribution in [0.15, 0.2) is 21.7 Å². The van der Waals surface area contributed by atoms with E-state index in [-0.39, 0.29) is 17.8 Å². The van der Waals surface area contributed by atoms with E-state index in [1.54, 1.807) is 17.5 Å². The van der Waals surface area contributed by atoms with Crippen molar-refractivity contribution in [3.05, 3.63) is 44.4 Å². The fourth-order valence-electron chi connectivity index (χ4n) is 2.53. The molecule has 0 unspecified atom stereocenters. The van der Waals surface area contributed by atoms with Crippen LogP contribution in [0.4, 0.5) is 0 Å². The molecule has 0 saturated carbocycles. The highest BCUT2D eigenvalue weighted by Crippen LogP contribution is 2.16. The zero-order valence-corrected chi connectivity index (χ0v) is 12.5. The molecule has 3 aromatic rings. The lowest BCUT2D eigenvalue weighted by Gasteiger charge is -2.06. The van der Waals surface area contributed by atoms with Crippen molar-refractivity contribution >= 4 is 16.9 Å². The molecule has 0 fully saturated rings. The quantitative estimate of drug-likeness (QED) is 0.710. The monoisotopic (exact) mass is 287 g/mol. The topological polar surface area (TPSA) is 77.1 Å². The van der Waals surface area contributed by atoms with E-state index in [2.05, 4.69) is 9.97 Å². The number of fused-ring (bicyclic) bond motifs is 3. The zero-order valence-electron chi connectivity index (χ0n) is 12.5. The van der Waals surface area contributed by atoms with Gasteiger partial charge in [0.25, 0.3) is 5.56 Å². The van der Waals surface area contributed by atoms with Gasteiger partial charge < -0.3 is 4.98 Å². The lowest BCUT2D eigenvalue weighted by molar-refractivity contribution is 0.666. The van der Waals surface area contributed by atoms with E-state index in [9.17, 15) is 9.59 Å². The van der Waals surface area contributed by atoms with E-state index in [0.29, 0.717) is 16.9 Å². The fourth-order valence-corrected chi connectivity index (χ4v) is 2.53. The molecule has 0 aliphatic heterocycles. The van der Waals surface area contributed by atoms with Crippen LogP contribution in [0.25, 0.3) is 16.9 Å². The Kier molecular flexibility index (Phi) is 2.86. The highest BCUT2D eigenvalue weighted by molar-refractivity contribution is 5.76. The molecule has 110 valence electrons. The fraction of sp³-hybridized carbons (Fsp3) is 0.357. The van der Waals surface area contributed by atoms with Gasteiger partial charge in [-0.2, -0.15) is 4.98 Å². The first kappa shape index (κ1) is 13.4. The number of hydrogen-bond donors (Lipinski definition) is 1. The molecule has 0 amide bonds. The smallest absolute Gasteiger partial charge is 0.327 e. The van der Waals surface area contributed by atoms with Crippen LogP contribution < -0.4 is 11.2 Å². The predicted molar refractivity (Wildman–Crippen MR) is 80.8 cm³/mol. The highest BCUT2D eigenvalue weighted by atomic mass is 16.2. The normalized spacial score (nSPS) is 12.2. The Morgan fingerprint density at radius 2 is 2.00 bits per heavy atom. The van der Waals surface area contributed by atoms with Crippen molar-refractivity contribution < 1.29 is 0 Å². The molecule has 0 aliphatic rings. The Balaban J connectivity index is 2.55. The van der Waals surface area contributed by atoms with Gasteiger partial charge in [0.1, 0.15) is 0 Å². The van der Waals surface area contributed by atoms with E-state index in [4.69, 9.17) is 0 Å². The van der Waals surface area contributed by atoms with Crippen LogP contribution in [0.3, 0.4) is 0 Å². The van der Waals surface area contributed by atoms with Crippen molar-refractivity contribution in [3.63, 3.8) is 0 Å². The Labute approximate surface area is 120 Å². The number of aryl methyl sites for hydroxylation is 3. The van der Waals surface area contributed by atoms with Crippen LogP contribution in [0, 0.1) is 13.8 Å². The molecule has 7 heteroatoms. The van der Waals surface area contributed by atoms with Gasteiger partial charge in [-0.15, -0.1) is 0 Å². The maximum atomic E-state index is 12.7. The van der Waals surface area contributed by atoms with Gasteiger partial charge in [-0.05, 0) is 20.8 Å². The molecular formula is C14H17N5O2. The van der Waals surface area contributed by atoms with Crippen LogP contribution in [-0.4, -0.2) is 23.5 Å². The van der Waals surface area contributed by atoms with Crippen LogP contribution in [0.2, 0.25) is 0 Å². The molecule has 7 nitrogen and oxygen atoms in total. The first-order chi connectivity index (χ1) is 9.97. The van der Waals surface area contributed by atoms with Gasteiger partial charge in [0.2, 0.25) is 5.78 Å². The number of nitrogens with zero attached hydrogens (tertiary/aromatic N) is 4. The summed E-state index contributed by atoms with van der Waals surface area (Å²) >= 11 is 0. The van der Waals surface area contributed by atoms with Crippen LogP contribution >= 0.6 is 0 Å². The van der Waals surface area contributed by atoms with Crippen LogP contribution in [0.1, 0.15) is 18.3 Å². The molecule has 0 aliphatic carbocycles. The number of nitrogens with one attached hydrogen (secondary N) is 1. The van der Waals surface area contributed by atoms with Crippen molar-refractivity contribution in [2.75, 3.05) is 0 Å². The molecule has 3 rings (SSSR count). The minimum atomic E-state index is -0.360. The Hall–Kier alpha value is -2.57. The summed E-state index contributed by atoms with van der Waals surface area (Å²) in [6.45, 7) is 5.95. The zero-order chi connectivity index (χ0) is 15.3. The van der Waals surface area contributed by atoms with Crippen molar-refractivity contribution in [2.45, 2.75) is 27.3 Å². The summed E-state index contributed by atoms with van der Waals surface area (Å²) in [6.07, 6.45) is 3.59. The molecular weight excluding hydrogens is 270 g/mol. The van der Waals surface area contributed by atoms with Gasteiger partial charge in [-0.1, -0.05) is 12.2 Å². The number of hydrogen-bond acceptors (Lipinski definition) is 3. The summed E-state index contributed by atoms with van der Waals surface area (Å²) in [5, 5.41) is 0. The van der Waals surface area contributed by atoms with E-state index in [1.807, 2.05) is 26.8 Å². The van der Waals surface area contributed by atoms with Crippen molar-refractivity contribution in [3.8, 4) is 0 Å². The summed E-state index contributed by atoms with van der Waals surface area (Å²) in [7, 11) is 1.63. The third-order valence-corrected chi connectivity index (χ3v) is 3.84. The van der Waals surface area contributed by atoms with E-state index in [0.717, 1.165) is 11.4 Å². The maximum Gasteiger partial charge on any atom is 0.332 e. The molecule has 0 radical (unpaired) electrons. The SMILES string of the molecule is C/C=C\Cn1c(=O)c2c(nc3[nH]c(C)c(C)n32)n(C)c1=O. The minimum absolute atomic E-state index is 0.258. The molecule has 0 saturated heterocycles. The van der Waals surface area contributed by atoms with E-state index >= 15 is 0 Å². The second-order valence-corrected chi connectivity index (χ2v) is 5.10. The lowest BCUT2D eigenvalue weighted by Crippen LogP contribution is -2.39. The standard InChI is InChI=1S/C14H17N5O2/c1-5-6-7-18-12(20)10-11(17(4)14(18)21)16-13-15-8(2)9(3)19(10)13/h5-6H,7H2,1-4H3,(H,15,16)/b6-5-. The van der Waals surface area contributed by atoms with Gasteiger partial charge in [0, 0.05) is 25.0 Å². The Bertz CT molecular complexity index is 997. The van der Waals surface area contributed by atoms with E-state index in [1.165, 1.54) is 9.13 Å². The second kappa shape index (κ2) is 4.47. The largest absolute Gasteiger partial charge is 0.332 e. The molecule has 3 heterocycles. The van der Waals surface area contributed by atoms with Gasteiger partial charge >= 0.3 is 5.69 Å². The number of rotatable bonds is 2. The second-order valence-electron chi connectivity index (χ2n) is 5.10. The first-order valence-corrected chi connectivity index (χ1v) is 6.75. The molecule has 1 N–H and O–H groups in total. The third kappa shape index (κ3) is 1.70. The average Bonchev–Trinajstić information content (AvgIpc) is 2.95. The summed E-state index contributed by atoms with van der Waals surface area (Å²) in [6, 6.07) is 0. The number of aromatic nitrogens is 5. The van der Waals surface area contributed by atoms with E-state index < -0.39 is 0 Å². The molecule has 0 bridgehead atoms. The highest BCUT2D eigenvalue weighted by Gasteiger charge is 2.19. The van der Waals surface area contributed by atoms with Crippen LogP contribution in [0.5, 0.6) is 0 Å². The average molecular weight is 287 g/mol. The molecule has 0 atom stereocenters. The van der Waals surface area contributed by atoms with Gasteiger partial charge in [-0.25, -0.2) is 4.79 Å².